The summed E-state index contributed by atoms with van der Waals surface area (Å²) in [6.07, 6.45) is 2.46. The molecule has 0 spiro atoms. The number of aromatic amines is 1. The number of benzene rings is 2. The third-order valence-electron chi connectivity index (χ3n) is 7.05. The molecule has 0 aliphatic carbocycles. The summed E-state index contributed by atoms with van der Waals surface area (Å²) in [6, 6.07) is 24.8. The van der Waals surface area contributed by atoms with E-state index in [0.717, 1.165) is 11.3 Å². The summed E-state index contributed by atoms with van der Waals surface area (Å²) in [5.41, 5.74) is -0.359. The molecule has 2 atom stereocenters. The molecular formula is C29H32N2O4SSi. The summed E-state index contributed by atoms with van der Waals surface area (Å²) in [4.78, 5) is 28.4. The van der Waals surface area contributed by atoms with Crippen LogP contribution in [0.4, 0.5) is 0 Å². The van der Waals surface area contributed by atoms with E-state index in [-0.39, 0.29) is 16.7 Å². The van der Waals surface area contributed by atoms with E-state index in [1.165, 1.54) is 26.3 Å². The van der Waals surface area contributed by atoms with Crippen LogP contribution >= 0.6 is 11.3 Å². The molecule has 2 aromatic heterocycles. The highest BCUT2D eigenvalue weighted by Gasteiger charge is 2.50. The molecule has 1 saturated heterocycles. The number of nitrogens with one attached hydrogen (secondary N) is 1. The molecule has 0 radical (unpaired) electrons. The van der Waals surface area contributed by atoms with E-state index in [9.17, 15) is 9.59 Å². The maximum absolute atomic E-state index is 12.7. The molecule has 2 aromatic carbocycles. The molecule has 1 unspecified atom stereocenters. The zero-order valence-corrected chi connectivity index (χ0v) is 23.2. The molecule has 0 bridgehead atoms. The first kappa shape index (κ1) is 25.6. The summed E-state index contributed by atoms with van der Waals surface area (Å²) < 4.78 is 14.9. The molecule has 0 saturated carbocycles. The second kappa shape index (κ2) is 10.4. The predicted molar refractivity (Wildman–Crippen MR) is 151 cm³/mol. The van der Waals surface area contributed by atoms with Gasteiger partial charge in [-0.1, -0.05) is 87.5 Å². The van der Waals surface area contributed by atoms with Gasteiger partial charge in [0.05, 0.1) is 18.3 Å². The van der Waals surface area contributed by atoms with Crippen LogP contribution in [-0.2, 0) is 9.16 Å². The summed E-state index contributed by atoms with van der Waals surface area (Å²) >= 11 is 1.47. The Balaban J connectivity index is 1.42. The Morgan fingerprint density at radius 3 is 2.19 bits per heavy atom. The van der Waals surface area contributed by atoms with Gasteiger partial charge in [-0.25, -0.2) is 4.79 Å². The Kier molecular flexibility index (Phi) is 7.18. The molecule has 1 aliphatic rings. The molecule has 1 fully saturated rings. The van der Waals surface area contributed by atoms with E-state index in [1.54, 1.807) is 6.20 Å². The minimum Gasteiger partial charge on any atom is -0.405 e. The molecule has 3 heterocycles. The SMILES string of the molecule is CC(C)(C)[Si](OC[C@@H]1CCC(n2cc(-c3cccs3)c(=O)[nH]c2=O)O1)(c1ccccc1)c1ccccc1. The number of nitrogens with zero attached hydrogens (tertiary/aromatic N) is 1. The van der Waals surface area contributed by atoms with Crippen molar-refractivity contribution in [1.82, 2.24) is 9.55 Å². The van der Waals surface area contributed by atoms with Gasteiger partial charge in [-0.3, -0.25) is 14.3 Å². The Morgan fingerprint density at radius 2 is 1.62 bits per heavy atom. The molecule has 37 heavy (non-hydrogen) atoms. The number of rotatable bonds is 7. The van der Waals surface area contributed by atoms with Gasteiger partial charge in [-0.2, -0.15) is 0 Å². The largest absolute Gasteiger partial charge is 0.405 e. The second-order valence-electron chi connectivity index (χ2n) is 10.5. The standard InChI is InChI=1S/C29H32N2O4SSi/c1-29(2,3)37(22-11-6-4-7-12-22,23-13-8-5-9-14-23)34-20-21-16-17-26(35-21)31-19-24(25-15-10-18-36-25)27(32)30-28(31)33/h4-15,18-19,21,26H,16-17,20H2,1-3H3,(H,30,32,33)/t21-,26?/m0/s1. The van der Waals surface area contributed by atoms with E-state index in [0.29, 0.717) is 18.6 Å². The van der Waals surface area contributed by atoms with Gasteiger partial charge in [0.2, 0.25) is 0 Å². The molecule has 1 aliphatic heterocycles. The minimum atomic E-state index is -2.68. The number of aromatic nitrogens is 2. The Morgan fingerprint density at radius 1 is 0.973 bits per heavy atom. The molecular weight excluding hydrogens is 500 g/mol. The Labute approximate surface area is 221 Å². The average Bonchev–Trinajstić information content (AvgIpc) is 3.58. The summed E-state index contributed by atoms with van der Waals surface area (Å²) in [7, 11) is -2.68. The molecule has 0 amide bonds. The third-order valence-corrected chi connectivity index (χ3v) is 13.0. The normalized spacial score (nSPS) is 18.2. The van der Waals surface area contributed by atoms with Crippen LogP contribution in [0.15, 0.2) is 94.0 Å². The van der Waals surface area contributed by atoms with Crippen LogP contribution in [0.25, 0.3) is 10.4 Å². The smallest absolute Gasteiger partial charge is 0.330 e. The number of hydrogen-bond acceptors (Lipinski definition) is 5. The maximum Gasteiger partial charge on any atom is 0.330 e. The van der Waals surface area contributed by atoms with Gasteiger partial charge in [-0.05, 0) is 39.7 Å². The van der Waals surface area contributed by atoms with Gasteiger partial charge < -0.3 is 9.16 Å². The Hall–Kier alpha value is -3.04. The predicted octanol–water partition coefficient (Wildman–Crippen LogP) is 4.52. The molecule has 5 rings (SSSR count). The van der Waals surface area contributed by atoms with E-state index in [4.69, 9.17) is 9.16 Å². The van der Waals surface area contributed by atoms with Crippen molar-refractivity contribution in [3.05, 3.63) is 105 Å². The fourth-order valence-electron chi connectivity index (χ4n) is 5.30. The monoisotopic (exact) mass is 532 g/mol. The van der Waals surface area contributed by atoms with Crippen molar-refractivity contribution >= 4 is 30.0 Å². The topological polar surface area (TPSA) is 73.3 Å². The molecule has 192 valence electrons. The van der Waals surface area contributed by atoms with Gasteiger partial charge in [0.1, 0.15) is 6.23 Å². The highest BCUT2D eigenvalue weighted by molar-refractivity contribution is 7.13. The van der Waals surface area contributed by atoms with Gasteiger partial charge in [0.25, 0.3) is 13.9 Å². The van der Waals surface area contributed by atoms with Gasteiger partial charge >= 0.3 is 5.69 Å². The lowest BCUT2D eigenvalue weighted by Crippen LogP contribution is -2.67. The highest BCUT2D eigenvalue weighted by atomic mass is 32.1. The van der Waals surface area contributed by atoms with Crippen molar-refractivity contribution in [2.45, 2.75) is 51.0 Å². The van der Waals surface area contributed by atoms with Crippen LogP contribution in [0.2, 0.25) is 5.04 Å². The van der Waals surface area contributed by atoms with Crippen LogP contribution in [0.1, 0.15) is 39.8 Å². The minimum absolute atomic E-state index is 0.126. The van der Waals surface area contributed by atoms with E-state index in [2.05, 4.69) is 74.3 Å². The van der Waals surface area contributed by atoms with Crippen LogP contribution in [-0.4, -0.2) is 30.6 Å². The molecule has 4 aromatic rings. The zero-order valence-electron chi connectivity index (χ0n) is 21.3. The first-order valence-electron chi connectivity index (χ1n) is 12.6. The first-order valence-corrected chi connectivity index (χ1v) is 15.4. The van der Waals surface area contributed by atoms with E-state index >= 15 is 0 Å². The average molecular weight is 533 g/mol. The molecule has 6 nitrogen and oxygen atoms in total. The maximum atomic E-state index is 12.7. The number of H-pyrrole nitrogens is 1. The third kappa shape index (κ3) is 4.94. The number of hydrogen-bond donors (Lipinski definition) is 1. The fourth-order valence-corrected chi connectivity index (χ4v) is 10.6. The number of thiophene rings is 1. The van der Waals surface area contributed by atoms with Crippen molar-refractivity contribution in [2.24, 2.45) is 0 Å². The van der Waals surface area contributed by atoms with Crippen LogP contribution in [0, 0.1) is 0 Å². The molecule has 1 N–H and O–H groups in total. The van der Waals surface area contributed by atoms with Crippen molar-refractivity contribution in [1.29, 1.82) is 0 Å². The van der Waals surface area contributed by atoms with E-state index < -0.39 is 20.2 Å². The van der Waals surface area contributed by atoms with Crippen LogP contribution in [0.5, 0.6) is 0 Å². The molecule has 8 heteroatoms. The second-order valence-corrected chi connectivity index (χ2v) is 15.7. The lowest BCUT2D eigenvalue weighted by atomic mass is 10.2. The van der Waals surface area contributed by atoms with Crippen LogP contribution in [0.3, 0.4) is 0 Å². The van der Waals surface area contributed by atoms with Crippen molar-refractivity contribution in [3.8, 4) is 10.4 Å². The van der Waals surface area contributed by atoms with Gasteiger partial charge in [-0.15, -0.1) is 11.3 Å². The lowest BCUT2D eigenvalue weighted by Gasteiger charge is -2.43. The van der Waals surface area contributed by atoms with Gasteiger partial charge in [0, 0.05) is 11.1 Å². The van der Waals surface area contributed by atoms with Crippen molar-refractivity contribution < 1.29 is 9.16 Å². The summed E-state index contributed by atoms with van der Waals surface area (Å²) in [5.74, 6) is 0. The highest BCUT2D eigenvalue weighted by Crippen LogP contribution is 2.38. The van der Waals surface area contributed by atoms with Crippen molar-refractivity contribution in [3.63, 3.8) is 0 Å². The fraction of sp³-hybridized carbons (Fsp3) is 0.310. The van der Waals surface area contributed by atoms with E-state index in [1.807, 2.05) is 29.6 Å². The van der Waals surface area contributed by atoms with Crippen LogP contribution < -0.4 is 21.6 Å². The van der Waals surface area contributed by atoms with Gasteiger partial charge in [0.15, 0.2) is 0 Å². The zero-order chi connectivity index (χ0) is 26.0. The summed E-state index contributed by atoms with van der Waals surface area (Å²) in [6.45, 7) is 7.19. The Bertz CT molecular complexity index is 1400. The number of ether oxygens (including phenoxy) is 1. The van der Waals surface area contributed by atoms with Crippen molar-refractivity contribution in [2.75, 3.05) is 6.61 Å². The summed E-state index contributed by atoms with van der Waals surface area (Å²) in [5, 5.41) is 4.23. The quantitative estimate of drug-likeness (QED) is 0.355. The lowest BCUT2D eigenvalue weighted by molar-refractivity contribution is -0.0215. The first-order chi connectivity index (χ1) is 17.8.